The summed E-state index contributed by atoms with van der Waals surface area (Å²) in [4.78, 5) is 4.51. The summed E-state index contributed by atoms with van der Waals surface area (Å²) in [7, 11) is 1.70. The monoisotopic (exact) mass is 278 g/mol. The highest BCUT2D eigenvalue weighted by atomic mass is 16.5. The van der Waals surface area contributed by atoms with E-state index in [0.717, 1.165) is 31.2 Å². The molecule has 0 saturated heterocycles. The Labute approximate surface area is 119 Å². The zero-order valence-electron chi connectivity index (χ0n) is 12.3. The van der Waals surface area contributed by atoms with E-state index in [4.69, 9.17) is 4.74 Å². The Kier molecular flexibility index (Phi) is 5.11. The summed E-state index contributed by atoms with van der Waals surface area (Å²) in [6.45, 7) is 6.48. The normalized spacial score (nSPS) is 12.6. The van der Waals surface area contributed by atoms with Crippen molar-refractivity contribution in [2.75, 3.05) is 19.0 Å². The first-order valence-corrected chi connectivity index (χ1v) is 6.82. The quantitative estimate of drug-likeness (QED) is 0.788. The molecule has 1 N–H and O–H groups in total. The third-order valence-corrected chi connectivity index (χ3v) is 2.95. The van der Waals surface area contributed by atoms with Crippen LogP contribution in [0.25, 0.3) is 0 Å². The first-order valence-electron chi connectivity index (χ1n) is 6.82. The number of imidazole rings is 1. The minimum atomic E-state index is 0.232. The van der Waals surface area contributed by atoms with Crippen molar-refractivity contribution in [2.24, 2.45) is 0 Å². The van der Waals surface area contributed by atoms with Gasteiger partial charge in [0, 0.05) is 38.6 Å². The average molecular weight is 278 g/mol. The fraction of sp³-hybridized carbons (Fsp3) is 0.615. The van der Waals surface area contributed by atoms with E-state index < -0.39 is 0 Å². The largest absolute Gasteiger partial charge is 0.383 e. The summed E-state index contributed by atoms with van der Waals surface area (Å²) < 4.78 is 9.11. The van der Waals surface area contributed by atoms with Crippen molar-refractivity contribution < 1.29 is 4.74 Å². The molecule has 7 nitrogen and oxygen atoms in total. The van der Waals surface area contributed by atoms with Crippen molar-refractivity contribution in [2.45, 2.75) is 39.4 Å². The maximum absolute atomic E-state index is 5.13. The van der Waals surface area contributed by atoms with Crippen molar-refractivity contribution in [3.8, 4) is 0 Å². The molecule has 2 rings (SSSR count). The topological polar surface area (TPSA) is 69.8 Å². The second kappa shape index (κ2) is 7.04. The van der Waals surface area contributed by atoms with Crippen LogP contribution >= 0.6 is 0 Å². The number of rotatable bonds is 8. The van der Waals surface area contributed by atoms with E-state index in [1.807, 2.05) is 17.8 Å². The van der Waals surface area contributed by atoms with Gasteiger partial charge in [-0.3, -0.25) is 4.68 Å². The van der Waals surface area contributed by atoms with Gasteiger partial charge in [-0.1, -0.05) is 5.21 Å². The Balaban J connectivity index is 1.89. The molecule has 2 heterocycles. The fourth-order valence-corrected chi connectivity index (χ4v) is 2.10. The van der Waals surface area contributed by atoms with Gasteiger partial charge in [0.15, 0.2) is 0 Å². The lowest BCUT2D eigenvalue weighted by molar-refractivity contribution is 0.190. The van der Waals surface area contributed by atoms with Crippen molar-refractivity contribution in [1.29, 1.82) is 0 Å². The van der Waals surface area contributed by atoms with Gasteiger partial charge in [-0.25, -0.2) is 4.98 Å². The van der Waals surface area contributed by atoms with E-state index in [2.05, 4.69) is 38.3 Å². The molecule has 2 aromatic rings. The molecule has 0 spiro atoms. The zero-order valence-corrected chi connectivity index (χ0v) is 12.3. The number of nitrogens with one attached hydrogen (secondary N) is 1. The predicted molar refractivity (Wildman–Crippen MR) is 76.6 cm³/mol. The molecule has 0 saturated carbocycles. The van der Waals surface area contributed by atoms with Crippen LogP contribution in [0.5, 0.6) is 0 Å². The number of anilines is 1. The lowest BCUT2D eigenvalue weighted by Crippen LogP contribution is -2.23. The predicted octanol–water partition coefficient (Wildman–Crippen LogP) is 1.32. The number of methoxy groups -OCH3 is 1. The van der Waals surface area contributed by atoms with Crippen molar-refractivity contribution in [1.82, 2.24) is 24.5 Å². The van der Waals surface area contributed by atoms with E-state index in [1.54, 1.807) is 13.3 Å². The highest BCUT2D eigenvalue weighted by molar-refractivity contribution is 5.29. The van der Waals surface area contributed by atoms with Crippen LogP contribution in [0.4, 0.5) is 5.95 Å². The highest BCUT2D eigenvalue weighted by Gasteiger charge is 2.08. The Morgan fingerprint density at radius 2 is 2.25 bits per heavy atom. The molecule has 110 valence electrons. The smallest absolute Gasteiger partial charge is 0.203 e. The van der Waals surface area contributed by atoms with E-state index >= 15 is 0 Å². The summed E-state index contributed by atoms with van der Waals surface area (Å²) in [6, 6.07) is 0.232. The van der Waals surface area contributed by atoms with E-state index in [1.165, 1.54) is 0 Å². The number of aryl methyl sites for hydroxylation is 3. The van der Waals surface area contributed by atoms with Crippen LogP contribution in [0.15, 0.2) is 18.6 Å². The maximum Gasteiger partial charge on any atom is 0.203 e. The molecule has 0 aliphatic carbocycles. The number of hydrogen-bond donors (Lipinski definition) is 1. The molecule has 0 aromatic carbocycles. The van der Waals surface area contributed by atoms with Gasteiger partial charge in [-0.15, -0.1) is 5.10 Å². The molecule has 0 aliphatic rings. The summed E-state index contributed by atoms with van der Waals surface area (Å²) in [5.41, 5.74) is 1.01. The van der Waals surface area contributed by atoms with Gasteiger partial charge >= 0.3 is 0 Å². The summed E-state index contributed by atoms with van der Waals surface area (Å²) >= 11 is 0. The Hall–Kier alpha value is -1.89. The van der Waals surface area contributed by atoms with Gasteiger partial charge in [0.05, 0.1) is 18.5 Å². The number of nitrogens with zero attached hydrogens (tertiary/aromatic N) is 5. The van der Waals surface area contributed by atoms with E-state index in [-0.39, 0.29) is 6.04 Å². The molecule has 1 atom stereocenters. The summed E-state index contributed by atoms with van der Waals surface area (Å²) in [6.07, 6.45) is 6.61. The van der Waals surface area contributed by atoms with Gasteiger partial charge < -0.3 is 14.6 Å². The van der Waals surface area contributed by atoms with Gasteiger partial charge in [0.2, 0.25) is 5.95 Å². The minimum Gasteiger partial charge on any atom is -0.383 e. The van der Waals surface area contributed by atoms with Crippen LogP contribution in [0.1, 0.15) is 19.0 Å². The molecule has 0 bridgehead atoms. The molecule has 0 amide bonds. The molecule has 0 radical (unpaired) electrons. The van der Waals surface area contributed by atoms with Crippen LogP contribution < -0.4 is 5.32 Å². The lowest BCUT2D eigenvalue weighted by atomic mass is 10.4. The van der Waals surface area contributed by atoms with Gasteiger partial charge in [0.25, 0.3) is 0 Å². The number of aromatic nitrogens is 5. The number of ether oxygens (including phenoxy) is 1. The van der Waals surface area contributed by atoms with Crippen LogP contribution in [-0.4, -0.2) is 44.3 Å². The maximum atomic E-state index is 5.13. The second-order valence-electron chi connectivity index (χ2n) is 4.92. The van der Waals surface area contributed by atoms with E-state index in [9.17, 15) is 0 Å². The Bertz CT molecular complexity index is 507. The fourth-order valence-electron chi connectivity index (χ4n) is 2.10. The van der Waals surface area contributed by atoms with Gasteiger partial charge in [-0.2, -0.15) is 0 Å². The first kappa shape index (κ1) is 14.5. The third kappa shape index (κ3) is 4.06. The van der Waals surface area contributed by atoms with Crippen molar-refractivity contribution >= 4 is 5.95 Å². The standard InChI is InChI=1S/C13H22N6O/c1-11-9-18(6-4-7-19-8-5-14-17-19)13(15-11)16-12(2)10-20-3/h5,8-9,12H,4,6-7,10H2,1-3H3,(H,15,16). The van der Waals surface area contributed by atoms with Crippen molar-refractivity contribution in [3.63, 3.8) is 0 Å². The first-order chi connectivity index (χ1) is 9.69. The molecular formula is C13H22N6O. The van der Waals surface area contributed by atoms with Crippen LogP contribution in [0.3, 0.4) is 0 Å². The zero-order chi connectivity index (χ0) is 14.4. The van der Waals surface area contributed by atoms with Crippen molar-refractivity contribution in [3.05, 3.63) is 24.3 Å². The van der Waals surface area contributed by atoms with Crippen LogP contribution in [0, 0.1) is 6.92 Å². The third-order valence-electron chi connectivity index (χ3n) is 2.95. The summed E-state index contributed by atoms with van der Waals surface area (Å²) in [5, 5.41) is 11.1. The molecule has 0 aliphatic heterocycles. The average Bonchev–Trinajstić information content (AvgIpc) is 3.00. The van der Waals surface area contributed by atoms with Crippen LogP contribution in [0.2, 0.25) is 0 Å². The molecule has 20 heavy (non-hydrogen) atoms. The minimum absolute atomic E-state index is 0.232. The van der Waals surface area contributed by atoms with Gasteiger partial charge in [-0.05, 0) is 20.3 Å². The number of hydrogen-bond acceptors (Lipinski definition) is 5. The summed E-state index contributed by atoms with van der Waals surface area (Å²) in [5.74, 6) is 0.894. The molecular weight excluding hydrogens is 256 g/mol. The lowest BCUT2D eigenvalue weighted by Gasteiger charge is -2.15. The second-order valence-corrected chi connectivity index (χ2v) is 4.92. The molecule has 2 aromatic heterocycles. The highest BCUT2D eigenvalue weighted by Crippen LogP contribution is 2.11. The SMILES string of the molecule is COCC(C)Nc1nc(C)cn1CCCn1ccnn1. The Morgan fingerprint density at radius 3 is 2.95 bits per heavy atom. The molecule has 7 heteroatoms. The molecule has 0 fully saturated rings. The van der Waals surface area contributed by atoms with E-state index in [0.29, 0.717) is 6.61 Å². The molecule has 1 unspecified atom stereocenters. The van der Waals surface area contributed by atoms with Gasteiger partial charge in [0.1, 0.15) is 0 Å². The Morgan fingerprint density at radius 1 is 1.40 bits per heavy atom. The van der Waals surface area contributed by atoms with Crippen LogP contribution in [-0.2, 0) is 17.8 Å².